The molecule has 0 spiro atoms. The molecule has 0 radical (unpaired) electrons. The molecule has 0 aliphatic carbocycles. The van der Waals surface area contributed by atoms with Crippen LogP contribution in [0.25, 0.3) is 10.1 Å². The highest BCUT2D eigenvalue weighted by Gasteiger charge is 2.40. The average Bonchev–Trinajstić information content (AvgIpc) is 3.42. The van der Waals surface area contributed by atoms with E-state index in [4.69, 9.17) is 32.6 Å². The van der Waals surface area contributed by atoms with Crippen LogP contribution in [-0.4, -0.2) is 66.3 Å². The number of likely N-dealkylation sites (N-methyl/N-ethyl adjacent to an activating group) is 1. The zero-order valence-corrected chi connectivity index (χ0v) is 22.1. The third-order valence-electron chi connectivity index (χ3n) is 5.65. The number of halogens is 4. The van der Waals surface area contributed by atoms with Crippen LogP contribution in [0.15, 0.2) is 52.7 Å². The number of carboxylic acids is 1. The van der Waals surface area contributed by atoms with Crippen molar-refractivity contribution in [3.63, 3.8) is 0 Å². The van der Waals surface area contributed by atoms with E-state index in [9.17, 15) is 26.4 Å². The van der Waals surface area contributed by atoms with Crippen LogP contribution in [0, 0.1) is 5.41 Å². The molecule has 4 N–H and O–H groups in total. The van der Waals surface area contributed by atoms with E-state index < -0.39 is 28.2 Å². The molecular formula is C23H22ClF3N4O5S2. The number of amidine groups is 1. The van der Waals surface area contributed by atoms with Gasteiger partial charge in [0.05, 0.1) is 0 Å². The number of carbonyl (C=O) groups is 2. The second-order valence-electron chi connectivity index (χ2n) is 8.25. The van der Waals surface area contributed by atoms with Crippen LogP contribution in [0.4, 0.5) is 13.2 Å². The number of nitrogens with two attached hydrogens (primary N) is 1. The van der Waals surface area contributed by atoms with E-state index in [1.54, 1.807) is 47.4 Å². The molecular weight excluding hydrogens is 569 g/mol. The Hall–Kier alpha value is -3.20. The van der Waals surface area contributed by atoms with Crippen LogP contribution in [0.1, 0.15) is 17.5 Å². The number of hydrogen-bond acceptors (Lipinski definition) is 6. The number of likely N-dealkylation sites (tertiary alicyclic amines) is 1. The van der Waals surface area contributed by atoms with Crippen molar-refractivity contribution in [2.24, 2.45) is 5.73 Å². The maximum absolute atomic E-state index is 13.2. The summed E-state index contributed by atoms with van der Waals surface area (Å²) in [6.45, 7) is 0.793. The molecule has 38 heavy (non-hydrogen) atoms. The summed E-state index contributed by atoms with van der Waals surface area (Å²) in [6, 6.07) is 13.2. The third-order valence-corrected chi connectivity index (χ3v) is 9.30. The van der Waals surface area contributed by atoms with Crippen molar-refractivity contribution in [2.75, 3.05) is 13.6 Å². The summed E-state index contributed by atoms with van der Waals surface area (Å²) in [5.74, 6) is -3.03. The van der Waals surface area contributed by atoms with E-state index in [0.717, 1.165) is 27.0 Å². The maximum atomic E-state index is 13.2. The number of carboxylic acid groups (broad SMARTS) is 1. The molecule has 9 nitrogen and oxygen atoms in total. The minimum atomic E-state index is -5.08. The highest BCUT2D eigenvalue weighted by molar-refractivity contribution is 7.91. The number of hydrogen-bond donors (Lipinski definition) is 3. The van der Waals surface area contributed by atoms with Gasteiger partial charge in [-0.1, -0.05) is 35.9 Å². The van der Waals surface area contributed by atoms with Gasteiger partial charge in [0.15, 0.2) is 0 Å². The zero-order chi connectivity index (χ0) is 28.4. The highest BCUT2D eigenvalue weighted by Crippen LogP contribution is 2.34. The topological polar surface area (TPSA) is 145 Å². The number of fused-ring (bicyclic) bond motifs is 1. The van der Waals surface area contributed by atoms with Gasteiger partial charge in [-0.25, -0.2) is 13.2 Å². The molecule has 1 aliphatic heterocycles. The minimum Gasteiger partial charge on any atom is -0.475 e. The molecule has 2 heterocycles. The molecule has 0 saturated carbocycles. The quantitative estimate of drug-likeness (QED) is 0.293. The molecule has 1 aromatic heterocycles. The van der Waals surface area contributed by atoms with Crippen molar-refractivity contribution in [1.29, 1.82) is 5.41 Å². The second kappa shape index (κ2) is 11.3. The zero-order valence-electron chi connectivity index (χ0n) is 19.7. The summed E-state index contributed by atoms with van der Waals surface area (Å²) in [5, 5.41) is 16.0. The van der Waals surface area contributed by atoms with Gasteiger partial charge in [0.2, 0.25) is 5.91 Å². The smallest absolute Gasteiger partial charge is 0.475 e. The number of sulfonamides is 1. The first-order valence-corrected chi connectivity index (χ1v) is 13.4. The molecule has 1 aliphatic rings. The van der Waals surface area contributed by atoms with Gasteiger partial charge in [0.1, 0.15) is 16.1 Å². The Balaban J connectivity index is 0.000000505. The molecule has 15 heteroatoms. The van der Waals surface area contributed by atoms with E-state index in [2.05, 4.69) is 0 Å². The van der Waals surface area contributed by atoms with E-state index >= 15 is 0 Å². The average molecular weight is 591 g/mol. The van der Waals surface area contributed by atoms with E-state index in [1.807, 2.05) is 6.07 Å². The van der Waals surface area contributed by atoms with Crippen molar-refractivity contribution in [3.05, 3.63) is 64.7 Å². The van der Waals surface area contributed by atoms with Crippen LogP contribution in [-0.2, 0) is 26.2 Å². The SMILES string of the molecule is CN([C@H]1CCN(Cc2cccc(C(=N)N)c2)C1=O)S(=O)(=O)c1cc2ccc(Cl)cc2s1.O=C(O)C(F)(F)F. The second-order valence-corrected chi connectivity index (χ2v) is 12.0. The van der Waals surface area contributed by atoms with Crippen LogP contribution in [0.2, 0.25) is 5.02 Å². The molecule has 1 amide bonds. The van der Waals surface area contributed by atoms with E-state index in [-0.39, 0.29) is 16.0 Å². The maximum Gasteiger partial charge on any atom is 0.490 e. The normalized spacial score (nSPS) is 16.0. The first kappa shape index (κ1) is 29.4. The Morgan fingerprint density at radius 1 is 1.26 bits per heavy atom. The minimum absolute atomic E-state index is 0.0390. The number of rotatable bonds is 6. The van der Waals surface area contributed by atoms with Crippen molar-refractivity contribution >= 4 is 60.8 Å². The van der Waals surface area contributed by atoms with Crippen LogP contribution >= 0.6 is 22.9 Å². The Kier molecular flexibility index (Phi) is 8.71. The number of alkyl halides is 3. The predicted molar refractivity (Wildman–Crippen MR) is 137 cm³/mol. The lowest BCUT2D eigenvalue weighted by atomic mass is 10.1. The van der Waals surface area contributed by atoms with Crippen molar-refractivity contribution in [2.45, 2.75) is 29.4 Å². The van der Waals surface area contributed by atoms with Gasteiger partial charge in [0.25, 0.3) is 10.0 Å². The lowest BCUT2D eigenvalue weighted by Gasteiger charge is -2.23. The molecule has 0 bridgehead atoms. The predicted octanol–water partition coefficient (Wildman–Crippen LogP) is 3.89. The number of thiophene rings is 1. The van der Waals surface area contributed by atoms with Gasteiger partial charge in [-0.15, -0.1) is 11.3 Å². The molecule has 204 valence electrons. The first-order valence-electron chi connectivity index (χ1n) is 10.8. The van der Waals surface area contributed by atoms with Gasteiger partial charge >= 0.3 is 12.1 Å². The summed E-state index contributed by atoms with van der Waals surface area (Å²) >= 11 is 7.16. The van der Waals surface area contributed by atoms with Crippen LogP contribution < -0.4 is 5.73 Å². The number of carbonyl (C=O) groups excluding carboxylic acids is 1. The van der Waals surface area contributed by atoms with E-state index in [0.29, 0.717) is 30.1 Å². The fourth-order valence-electron chi connectivity index (χ4n) is 3.69. The molecule has 0 unspecified atom stereocenters. The van der Waals surface area contributed by atoms with Gasteiger partial charge in [0, 0.05) is 35.4 Å². The summed E-state index contributed by atoms with van der Waals surface area (Å²) < 4.78 is 60.3. The molecule has 4 rings (SSSR count). The Bertz CT molecular complexity index is 1490. The number of benzene rings is 2. The lowest BCUT2D eigenvalue weighted by Crippen LogP contribution is -2.42. The van der Waals surface area contributed by atoms with Gasteiger partial charge in [-0.3, -0.25) is 10.2 Å². The summed E-state index contributed by atoms with van der Waals surface area (Å²) in [5.41, 5.74) is 6.97. The summed E-state index contributed by atoms with van der Waals surface area (Å²) in [6.07, 6.45) is -4.67. The molecule has 3 aromatic rings. The molecule has 1 atom stereocenters. The third kappa shape index (κ3) is 6.62. The Morgan fingerprint density at radius 3 is 2.53 bits per heavy atom. The van der Waals surface area contributed by atoms with Crippen molar-refractivity contribution in [1.82, 2.24) is 9.21 Å². The monoisotopic (exact) mass is 590 g/mol. The fourth-order valence-corrected chi connectivity index (χ4v) is 6.90. The van der Waals surface area contributed by atoms with Crippen molar-refractivity contribution in [3.8, 4) is 0 Å². The number of nitrogen functional groups attached to an aromatic ring is 1. The Morgan fingerprint density at radius 2 is 1.92 bits per heavy atom. The number of aliphatic carboxylic acids is 1. The number of nitrogens with zero attached hydrogens (tertiary/aromatic N) is 2. The highest BCUT2D eigenvalue weighted by atomic mass is 35.5. The lowest BCUT2D eigenvalue weighted by molar-refractivity contribution is -0.192. The Labute approximate surface area is 224 Å². The van der Waals surface area contributed by atoms with Crippen LogP contribution in [0.3, 0.4) is 0 Å². The molecule has 1 fully saturated rings. The van der Waals surface area contributed by atoms with E-state index in [1.165, 1.54) is 11.4 Å². The largest absolute Gasteiger partial charge is 0.490 e. The standard InChI is InChI=1S/C21H21ClN4O3S2.C2HF3O2/c1-25(31(28,29)19-10-14-5-6-16(22)11-18(14)30-19)17-7-8-26(21(17)27)12-13-3-2-4-15(9-13)20(23)24;3-2(4,5)1(6)7/h2-6,9-11,17H,7-8,12H2,1H3,(H3,23,24);(H,6,7)/t17-;/m0./s1. The summed E-state index contributed by atoms with van der Waals surface area (Å²) in [4.78, 5) is 23.5. The molecule has 1 saturated heterocycles. The van der Waals surface area contributed by atoms with Gasteiger partial charge < -0.3 is 15.7 Å². The van der Waals surface area contributed by atoms with Gasteiger partial charge in [-0.05, 0) is 41.6 Å². The first-order chi connectivity index (χ1) is 17.6. The number of amides is 1. The van der Waals surface area contributed by atoms with Crippen molar-refractivity contribution < 1.29 is 36.3 Å². The fraction of sp³-hybridized carbons (Fsp3) is 0.261. The van der Waals surface area contributed by atoms with Gasteiger partial charge in [-0.2, -0.15) is 17.5 Å². The number of nitrogens with one attached hydrogen (secondary N) is 1. The molecule has 2 aromatic carbocycles. The summed E-state index contributed by atoms with van der Waals surface area (Å²) in [7, 11) is -2.37. The van der Waals surface area contributed by atoms with Crippen LogP contribution in [0.5, 0.6) is 0 Å².